The molecule has 4 aromatic heterocycles. The van der Waals surface area contributed by atoms with Gasteiger partial charge in [-0.05, 0) is 50.3 Å². The third kappa shape index (κ3) is 3.93. The second-order valence-corrected chi connectivity index (χ2v) is 9.15. The van der Waals surface area contributed by atoms with Crippen LogP contribution < -0.4 is 0 Å². The van der Waals surface area contributed by atoms with E-state index in [0.717, 1.165) is 64.1 Å². The Kier molecular flexibility index (Phi) is 5.75. The van der Waals surface area contributed by atoms with Gasteiger partial charge in [0.05, 0.1) is 11.1 Å². The van der Waals surface area contributed by atoms with E-state index in [9.17, 15) is 0 Å². The van der Waals surface area contributed by atoms with E-state index in [1.165, 1.54) is 0 Å². The highest BCUT2D eigenvalue weighted by Crippen LogP contribution is 2.42. The molecule has 0 unspecified atom stereocenters. The van der Waals surface area contributed by atoms with E-state index in [0.29, 0.717) is 5.82 Å². The Balaban J connectivity index is 1.69. The van der Waals surface area contributed by atoms with Crippen molar-refractivity contribution in [3.05, 3.63) is 91.5 Å². The highest BCUT2D eigenvalue weighted by atomic mass is 15.3. The average molecular weight is 474 g/mol. The molecule has 0 N–H and O–H groups in total. The first-order valence-electron chi connectivity index (χ1n) is 12.1. The van der Waals surface area contributed by atoms with E-state index >= 15 is 0 Å². The number of aromatic nitrogens is 6. The number of nitrogens with zero attached hydrogens (tertiary/aromatic N) is 7. The summed E-state index contributed by atoms with van der Waals surface area (Å²) >= 11 is 0. The van der Waals surface area contributed by atoms with Gasteiger partial charge in [0.15, 0.2) is 11.5 Å². The van der Waals surface area contributed by atoms with Gasteiger partial charge in [-0.25, -0.2) is 14.5 Å². The topological polar surface area (TPSA) is 64.1 Å². The molecule has 0 bridgehead atoms. The van der Waals surface area contributed by atoms with E-state index in [1.807, 2.05) is 18.2 Å². The second-order valence-electron chi connectivity index (χ2n) is 9.15. The molecule has 0 atom stereocenters. The Morgan fingerprint density at radius 2 is 1.53 bits per heavy atom. The van der Waals surface area contributed by atoms with Crippen molar-refractivity contribution in [1.29, 1.82) is 0 Å². The molecule has 6 rings (SSSR count). The molecule has 0 saturated carbocycles. The van der Waals surface area contributed by atoms with Crippen molar-refractivity contribution in [2.24, 2.45) is 0 Å². The van der Waals surface area contributed by atoms with E-state index < -0.39 is 0 Å². The predicted octanol–water partition coefficient (Wildman–Crippen LogP) is 5.43. The molecule has 0 radical (unpaired) electrons. The lowest BCUT2D eigenvalue weighted by Gasteiger charge is -2.14. The van der Waals surface area contributed by atoms with Gasteiger partial charge in [0, 0.05) is 30.1 Å². The Bertz CT molecular complexity index is 1620. The molecule has 0 fully saturated rings. The molecule has 0 amide bonds. The zero-order valence-electron chi connectivity index (χ0n) is 20.4. The number of pyridine rings is 1. The smallest absolute Gasteiger partial charge is 0.183 e. The monoisotopic (exact) mass is 473 g/mol. The minimum Gasteiger partial charge on any atom is -0.324 e. The van der Waals surface area contributed by atoms with Crippen LogP contribution >= 0.6 is 0 Å². The van der Waals surface area contributed by atoms with Crippen molar-refractivity contribution < 1.29 is 0 Å². The van der Waals surface area contributed by atoms with Gasteiger partial charge in [-0.1, -0.05) is 60.7 Å². The van der Waals surface area contributed by atoms with Gasteiger partial charge in [0.2, 0.25) is 0 Å². The fraction of sp³-hybridized carbons (Fsp3) is 0.172. The van der Waals surface area contributed by atoms with Gasteiger partial charge in [-0.3, -0.25) is 4.98 Å². The maximum atomic E-state index is 5.00. The molecule has 6 aromatic rings. The molecule has 0 saturated heterocycles. The van der Waals surface area contributed by atoms with Crippen LogP contribution in [0.1, 0.15) is 6.42 Å². The van der Waals surface area contributed by atoms with Crippen LogP contribution in [-0.2, 0) is 6.54 Å². The summed E-state index contributed by atoms with van der Waals surface area (Å²) in [4.78, 5) is 16.4. The molecule has 0 aliphatic heterocycles. The normalized spacial score (nSPS) is 11.6. The number of benzene rings is 2. The molecule has 7 heteroatoms. The van der Waals surface area contributed by atoms with Crippen molar-refractivity contribution in [3.63, 3.8) is 0 Å². The summed E-state index contributed by atoms with van der Waals surface area (Å²) in [5, 5.41) is 5.76. The van der Waals surface area contributed by atoms with Crippen molar-refractivity contribution in [2.75, 3.05) is 20.6 Å². The quantitative estimate of drug-likeness (QED) is 0.310. The highest BCUT2D eigenvalue weighted by Gasteiger charge is 2.24. The SMILES string of the molecule is CN(C)CCCn1c(-c2ccccc2)c(-c2ccccc2)c2c1ncn1nc(-c3cccnc3)nc21. The summed E-state index contributed by atoms with van der Waals surface area (Å²) in [6.45, 7) is 1.84. The molecule has 0 spiro atoms. The largest absolute Gasteiger partial charge is 0.324 e. The van der Waals surface area contributed by atoms with Crippen molar-refractivity contribution in [3.8, 4) is 33.8 Å². The minimum absolute atomic E-state index is 0.637. The maximum absolute atomic E-state index is 5.00. The Morgan fingerprint density at radius 3 is 2.22 bits per heavy atom. The van der Waals surface area contributed by atoms with Gasteiger partial charge in [-0.15, -0.1) is 5.10 Å². The fourth-order valence-electron chi connectivity index (χ4n) is 4.80. The van der Waals surface area contributed by atoms with Gasteiger partial charge >= 0.3 is 0 Å². The maximum Gasteiger partial charge on any atom is 0.183 e. The summed E-state index contributed by atoms with van der Waals surface area (Å²) in [7, 11) is 4.22. The number of rotatable bonds is 7. The molecule has 7 nitrogen and oxygen atoms in total. The lowest BCUT2D eigenvalue weighted by Crippen LogP contribution is -2.15. The van der Waals surface area contributed by atoms with Crippen LogP contribution in [0.15, 0.2) is 91.5 Å². The first-order valence-corrected chi connectivity index (χ1v) is 12.1. The second kappa shape index (κ2) is 9.36. The van der Waals surface area contributed by atoms with Crippen LogP contribution in [0.4, 0.5) is 0 Å². The van der Waals surface area contributed by atoms with Crippen molar-refractivity contribution in [1.82, 2.24) is 34.0 Å². The molecule has 4 heterocycles. The molecular formula is C29H27N7. The molecule has 0 aliphatic rings. The van der Waals surface area contributed by atoms with Crippen LogP contribution in [-0.4, -0.2) is 54.7 Å². The van der Waals surface area contributed by atoms with Crippen LogP contribution in [0.25, 0.3) is 50.5 Å². The fourth-order valence-corrected chi connectivity index (χ4v) is 4.80. The molecular weight excluding hydrogens is 446 g/mol. The summed E-state index contributed by atoms with van der Waals surface area (Å²) in [5.41, 5.74) is 7.17. The van der Waals surface area contributed by atoms with E-state index in [4.69, 9.17) is 15.1 Å². The van der Waals surface area contributed by atoms with Crippen LogP contribution in [0, 0.1) is 0 Å². The van der Waals surface area contributed by atoms with Crippen LogP contribution in [0.2, 0.25) is 0 Å². The standard InChI is InChI=1S/C29H27N7/c1-34(2)17-10-18-35-26(22-13-7-4-8-14-22)24(21-11-5-3-6-12-21)25-28(35)31-20-36-29(25)32-27(33-36)23-15-9-16-30-19-23/h3-9,11-16,19-20H,10,17-18H2,1-2H3. The van der Waals surface area contributed by atoms with Crippen LogP contribution in [0.5, 0.6) is 0 Å². The number of hydrogen-bond donors (Lipinski definition) is 0. The zero-order valence-corrected chi connectivity index (χ0v) is 20.4. The summed E-state index contributed by atoms with van der Waals surface area (Å²) in [6.07, 6.45) is 6.33. The summed E-state index contributed by atoms with van der Waals surface area (Å²) < 4.78 is 4.14. The summed E-state index contributed by atoms with van der Waals surface area (Å²) in [5.74, 6) is 0.637. The number of fused-ring (bicyclic) bond motifs is 3. The van der Waals surface area contributed by atoms with Gasteiger partial charge in [-0.2, -0.15) is 0 Å². The minimum atomic E-state index is 0.637. The third-order valence-electron chi connectivity index (χ3n) is 6.40. The molecule has 36 heavy (non-hydrogen) atoms. The molecule has 0 aliphatic carbocycles. The average Bonchev–Trinajstić information content (AvgIpc) is 3.50. The first kappa shape index (κ1) is 22.1. The van der Waals surface area contributed by atoms with Crippen molar-refractivity contribution in [2.45, 2.75) is 13.0 Å². The summed E-state index contributed by atoms with van der Waals surface area (Å²) in [6, 6.07) is 25.0. The van der Waals surface area contributed by atoms with E-state index in [2.05, 4.69) is 83.1 Å². The van der Waals surface area contributed by atoms with Gasteiger partial charge < -0.3 is 9.47 Å². The third-order valence-corrected chi connectivity index (χ3v) is 6.40. The highest BCUT2D eigenvalue weighted by molar-refractivity contribution is 6.09. The predicted molar refractivity (Wildman–Crippen MR) is 144 cm³/mol. The van der Waals surface area contributed by atoms with E-state index in [1.54, 1.807) is 23.2 Å². The van der Waals surface area contributed by atoms with Gasteiger partial charge in [0.25, 0.3) is 0 Å². The number of aryl methyl sites for hydroxylation is 1. The molecule has 178 valence electrons. The van der Waals surface area contributed by atoms with Gasteiger partial charge in [0.1, 0.15) is 12.0 Å². The van der Waals surface area contributed by atoms with Crippen LogP contribution in [0.3, 0.4) is 0 Å². The number of hydrogen-bond acceptors (Lipinski definition) is 5. The Morgan fingerprint density at radius 1 is 0.806 bits per heavy atom. The first-order chi connectivity index (χ1) is 17.7. The lowest BCUT2D eigenvalue weighted by atomic mass is 9.99. The zero-order chi connectivity index (χ0) is 24.5. The van der Waals surface area contributed by atoms with Crippen molar-refractivity contribution >= 4 is 16.7 Å². The Hall–Kier alpha value is -4.36. The molecule has 2 aromatic carbocycles. The lowest BCUT2D eigenvalue weighted by molar-refractivity contribution is 0.388. The Labute approximate surface area is 209 Å². The van der Waals surface area contributed by atoms with E-state index in [-0.39, 0.29) is 0 Å².